The number of hydrogen-bond donors (Lipinski definition) is 2. The van der Waals surface area contributed by atoms with Crippen molar-refractivity contribution in [2.45, 2.75) is 12.8 Å². The molecular weight excluding hydrogens is 276 g/mol. The van der Waals surface area contributed by atoms with Crippen molar-refractivity contribution in [3.63, 3.8) is 0 Å². The van der Waals surface area contributed by atoms with Crippen molar-refractivity contribution in [1.82, 2.24) is 9.88 Å². The lowest BCUT2D eigenvalue weighted by Crippen LogP contribution is -2.26. The van der Waals surface area contributed by atoms with Crippen molar-refractivity contribution in [3.05, 3.63) is 22.4 Å². The minimum atomic E-state index is -0.851. The predicted octanol–water partition coefficient (Wildman–Crippen LogP) is 1.38. The zero-order valence-corrected chi connectivity index (χ0v) is 10.5. The van der Waals surface area contributed by atoms with E-state index < -0.39 is 5.97 Å². The van der Waals surface area contributed by atoms with E-state index in [1.54, 1.807) is 23.9 Å². The number of nitrogens with zero attached hydrogens (tertiary/aromatic N) is 1. The van der Waals surface area contributed by atoms with Crippen molar-refractivity contribution in [2.24, 2.45) is 7.05 Å². The number of carboxylic acids is 1. The van der Waals surface area contributed by atoms with Gasteiger partial charge in [-0.1, -0.05) is 0 Å². The van der Waals surface area contributed by atoms with Crippen LogP contribution in [0.2, 0.25) is 0 Å². The van der Waals surface area contributed by atoms with Gasteiger partial charge < -0.3 is 15.0 Å². The van der Waals surface area contributed by atoms with Gasteiger partial charge in [0, 0.05) is 30.7 Å². The number of rotatable bonds is 5. The summed E-state index contributed by atoms with van der Waals surface area (Å²) in [7, 11) is 1.77. The van der Waals surface area contributed by atoms with Gasteiger partial charge in [-0.3, -0.25) is 9.59 Å². The average molecular weight is 289 g/mol. The number of aromatic nitrogens is 1. The van der Waals surface area contributed by atoms with Crippen LogP contribution in [-0.4, -0.2) is 28.1 Å². The predicted molar refractivity (Wildman–Crippen MR) is 62.3 cm³/mol. The Hall–Kier alpha value is -1.30. The van der Waals surface area contributed by atoms with Gasteiger partial charge in [0.15, 0.2) is 0 Å². The van der Waals surface area contributed by atoms with E-state index in [1.165, 1.54) is 0 Å². The highest BCUT2D eigenvalue weighted by atomic mass is 79.9. The second kappa shape index (κ2) is 5.69. The fourth-order valence-electron chi connectivity index (χ4n) is 1.28. The molecule has 0 radical (unpaired) electrons. The number of nitrogens with one attached hydrogen (secondary N) is 1. The Morgan fingerprint density at radius 1 is 1.56 bits per heavy atom. The van der Waals surface area contributed by atoms with Crippen molar-refractivity contribution in [2.75, 3.05) is 6.54 Å². The molecule has 0 atom stereocenters. The molecule has 1 heterocycles. The summed E-state index contributed by atoms with van der Waals surface area (Å²) < 4.78 is 2.54. The Labute approximate surface area is 102 Å². The number of carbonyl (C=O) groups excluding carboxylic acids is 1. The van der Waals surface area contributed by atoms with Crippen LogP contribution < -0.4 is 5.32 Å². The molecule has 6 heteroatoms. The summed E-state index contributed by atoms with van der Waals surface area (Å²) in [5, 5.41) is 11.1. The molecular formula is C10H13BrN2O3. The number of aryl methyl sites for hydroxylation is 1. The number of hydrogen-bond acceptors (Lipinski definition) is 2. The second-order valence-corrected chi connectivity index (χ2v) is 4.32. The smallest absolute Gasteiger partial charge is 0.303 e. The van der Waals surface area contributed by atoms with Gasteiger partial charge in [0.1, 0.15) is 5.69 Å². The largest absolute Gasteiger partial charge is 0.481 e. The highest BCUT2D eigenvalue weighted by Gasteiger charge is 2.10. The van der Waals surface area contributed by atoms with Crippen molar-refractivity contribution in [1.29, 1.82) is 0 Å². The van der Waals surface area contributed by atoms with Gasteiger partial charge in [-0.2, -0.15) is 0 Å². The Kier molecular flexibility index (Phi) is 4.54. The minimum Gasteiger partial charge on any atom is -0.481 e. The molecule has 1 rings (SSSR count). The fourth-order valence-corrected chi connectivity index (χ4v) is 1.81. The molecule has 0 saturated heterocycles. The third-order valence-corrected chi connectivity index (χ3v) is 2.49. The molecule has 0 aliphatic heterocycles. The summed E-state index contributed by atoms with van der Waals surface area (Å²) in [5.41, 5.74) is 0.544. The summed E-state index contributed by atoms with van der Waals surface area (Å²) in [4.78, 5) is 21.9. The van der Waals surface area contributed by atoms with Gasteiger partial charge in [-0.05, 0) is 28.4 Å². The third-order valence-electron chi connectivity index (χ3n) is 2.06. The SMILES string of the molecule is Cn1cc(Br)cc1C(=O)NCCCC(=O)O. The molecule has 88 valence electrons. The third kappa shape index (κ3) is 3.69. The molecule has 1 aromatic heterocycles. The van der Waals surface area contributed by atoms with E-state index in [2.05, 4.69) is 21.2 Å². The average Bonchev–Trinajstić information content (AvgIpc) is 2.52. The van der Waals surface area contributed by atoms with Gasteiger partial charge in [0.2, 0.25) is 0 Å². The molecule has 0 saturated carbocycles. The Balaban J connectivity index is 2.41. The van der Waals surface area contributed by atoms with Crippen LogP contribution in [0.25, 0.3) is 0 Å². The van der Waals surface area contributed by atoms with E-state index in [0.29, 0.717) is 18.7 Å². The molecule has 1 amide bonds. The van der Waals surface area contributed by atoms with E-state index in [1.807, 2.05) is 0 Å². The quantitative estimate of drug-likeness (QED) is 0.804. The molecule has 5 nitrogen and oxygen atoms in total. The van der Waals surface area contributed by atoms with Crippen LogP contribution in [0.3, 0.4) is 0 Å². The van der Waals surface area contributed by atoms with Crippen LogP contribution in [0.15, 0.2) is 16.7 Å². The van der Waals surface area contributed by atoms with Crippen LogP contribution in [0.1, 0.15) is 23.3 Å². The van der Waals surface area contributed by atoms with E-state index in [-0.39, 0.29) is 12.3 Å². The van der Waals surface area contributed by atoms with Gasteiger partial charge >= 0.3 is 5.97 Å². The number of carbonyl (C=O) groups is 2. The molecule has 0 spiro atoms. The van der Waals surface area contributed by atoms with Gasteiger partial charge in [0.25, 0.3) is 5.91 Å². The topological polar surface area (TPSA) is 71.3 Å². The maximum Gasteiger partial charge on any atom is 0.303 e. The summed E-state index contributed by atoms with van der Waals surface area (Å²) in [5.74, 6) is -1.05. The summed E-state index contributed by atoms with van der Waals surface area (Å²) in [6, 6.07) is 1.71. The van der Waals surface area contributed by atoms with Crippen LogP contribution in [0.5, 0.6) is 0 Å². The number of aliphatic carboxylic acids is 1. The highest BCUT2D eigenvalue weighted by molar-refractivity contribution is 9.10. The van der Waals surface area contributed by atoms with E-state index in [0.717, 1.165) is 4.47 Å². The minimum absolute atomic E-state index is 0.0666. The molecule has 16 heavy (non-hydrogen) atoms. The summed E-state index contributed by atoms with van der Waals surface area (Å²) in [6.07, 6.45) is 2.29. The van der Waals surface area contributed by atoms with Crippen LogP contribution in [0, 0.1) is 0 Å². The van der Waals surface area contributed by atoms with E-state index in [9.17, 15) is 9.59 Å². The molecule has 1 aromatic rings. The van der Waals surface area contributed by atoms with Crippen molar-refractivity contribution >= 4 is 27.8 Å². The molecule has 0 unspecified atom stereocenters. The molecule has 0 aliphatic rings. The molecule has 0 bridgehead atoms. The van der Waals surface area contributed by atoms with E-state index in [4.69, 9.17) is 5.11 Å². The van der Waals surface area contributed by atoms with Crippen LogP contribution in [-0.2, 0) is 11.8 Å². The Bertz CT molecular complexity index is 401. The highest BCUT2D eigenvalue weighted by Crippen LogP contribution is 2.13. The fraction of sp³-hybridized carbons (Fsp3) is 0.400. The molecule has 0 fully saturated rings. The molecule has 0 aromatic carbocycles. The number of amides is 1. The lowest BCUT2D eigenvalue weighted by molar-refractivity contribution is -0.137. The number of carboxylic acid groups (broad SMARTS) is 1. The normalized spacial score (nSPS) is 10.1. The van der Waals surface area contributed by atoms with Crippen molar-refractivity contribution in [3.8, 4) is 0 Å². The molecule has 0 aliphatic carbocycles. The van der Waals surface area contributed by atoms with Crippen LogP contribution in [0.4, 0.5) is 0 Å². The summed E-state index contributed by atoms with van der Waals surface area (Å²) in [6.45, 7) is 0.369. The first kappa shape index (κ1) is 12.8. The first-order valence-electron chi connectivity index (χ1n) is 4.82. The second-order valence-electron chi connectivity index (χ2n) is 3.41. The van der Waals surface area contributed by atoms with Crippen LogP contribution >= 0.6 is 15.9 Å². The summed E-state index contributed by atoms with van der Waals surface area (Å²) >= 11 is 3.27. The first-order valence-corrected chi connectivity index (χ1v) is 5.62. The Morgan fingerprint density at radius 3 is 2.75 bits per heavy atom. The first-order chi connectivity index (χ1) is 7.50. The Morgan fingerprint density at radius 2 is 2.25 bits per heavy atom. The van der Waals surface area contributed by atoms with Gasteiger partial charge in [-0.25, -0.2) is 0 Å². The lowest BCUT2D eigenvalue weighted by atomic mass is 10.3. The van der Waals surface area contributed by atoms with E-state index >= 15 is 0 Å². The van der Waals surface area contributed by atoms with Crippen molar-refractivity contribution < 1.29 is 14.7 Å². The molecule has 2 N–H and O–H groups in total. The number of halogens is 1. The van der Waals surface area contributed by atoms with Gasteiger partial charge in [-0.15, -0.1) is 0 Å². The van der Waals surface area contributed by atoms with Gasteiger partial charge in [0.05, 0.1) is 0 Å². The maximum absolute atomic E-state index is 11.6. The standard InChI is InChI=1S/C10H13BrN2O3/c1-13-6-7(11)5-8(13)10(16)12-4-2-3-9(14)15/h5-6H,2-4H2,1H3,(H,12,16)(H,14,15). The zero-order chi connectivity index (χ0) is 12.1. The monoisotopic (exact) mass is 288 g/mol. The zero-order valence-electron chi connectivity index (χ0n) is 8.86. The maximum atomic E-state index is 11.6. The lowest BCUT2D eigenvalue weighted by Gasteiger charge is -2.04.